The number of halogens is 2. The van der Waals surface area contributed by atoms with Gasteiger partial charge in [-0.2, -0.15) is 0 Å². The van der Waals surface area contributed by atoms with E-state index in [4.69, 9.17) is 27.9 Å². The monoisotopic (exact) mass is 248 g/mol. The Morgan fingerprint density at radius 3 is 2.53 bits per heavy atom. The molecule has 1 atom stereocenters. The maximum atomic E-state index is 9.24. The molecule has 1 N–H and O–H groups in total. The number of rotatable bonds is 4. The maximum Gasteiger partial charge on any atom is 0.141 e. The average molecular weight is 249 g/mol. The molecule has 0 saturated carbocycles. The summed E-state index contributed by atoms with van der Waals surface area (Å²) < 4.78 is 5.21. The normalized spacial score (nSPS) is 12.6. The summed E-state index contributed by atoms with van der Waals surface area (Å²) in [6, 6.07) is 3.42. The van der Waals surface area contributed by atoms with Crippen LogP contribution in [0.5, 0.6) is 5.75 Å². The van der Waals surface area contributed by atoms with Gasteiger partial charge in [-0.25, -0.2) is 0 Å². The van der Waals surface area contributed by atoms with Gasteiger partial charge in [-0.15, -0.1) is 0 Å². The smallest absolute Gasteiger partial charge is 0.141 e. The van der Waals surface area contributed by atoms with Crippen molar-refractivity contribution in [1.29, 1.82) is 0 Å². The molecule has 0 aliphatic carbocycles. The first-order valence-electron chi connectivity index (χ1n) is 4.77. The number of benzene rings is 1. The quantitative estimate of drug-likeness (QED) is 0.885. The summed E-state index contributed by atoms with van der Waals surface area (Å²) in [5.41, 5.74) is 0.861. The number of aliphatic hydroxyl groups excluding tert-OH is 1. The standard InChI is InChI=1S/C11H14Cl2O2/c1-3-7(6-14)9-4-8(12)5-10(13)11(9)15-2/h4-5,7,14H,3,6H2,1-2H3. The van der Waals surface area contributed by atoms with Gasteiger partial charge in [-0.05, 0) is 18.6 Å². The second-order valence-corrected chi connectivity index (χ2v) is 4.14. The summed E-state index contributed by atoms with van der Waals surface area (Å²) in [5, 5.41) is 10.3. The summed E-state index contributed by atoms with van der Waals surface area (Å²) in [6.45, 7) is 2.05. The summed E-state index contributed by atoms with van der Waals surface area (Å²) in [4.78, 5) is 0. The molecule has 4 heteroatoms. The van der Waals surface area contributed by atoms with E-state index in [0.29, 0.717) is 15.8 Å². The van der Waals surface area contributed by atoms with Crippen LogP contribution >= 0.6 is 23.2 Å². The highest BCUT2D eigenvalue weighted by molar-refractivity contribution is 6.35. The maximum absolute atomic E-state index is 9.24. The molecule has 1 aromatic carbocycles. The largest absolute Gasteiger partial charge is 0.495 e. The van der Waals surface area contributed by atoms with E-state index in [1.807, 2.05) is 6.92 Å². The highest BCUT2D eigenvalue weighted by Crippen LogP contribution is 2.37. The molecule has 0 fully saturated rings. The van der Waals surface area contributed by atoms with E-state index in [1.165, 1.54) is 0 Å². The van der Waals surface area contributed by atoms with Crippen LogP contribution < -0.4 is 4.74 Å². The zero-order valence-electron chi connectivity index (χ0n) is 8.76. The van der Waals surface area contributed by atoms with Gasteiger partial charge in [0.2, 0.25) is 0 Å². The molecule has 0 saturated heterocycles. The molecule has 0 spiro atoms. The molecule has 15 heavy (non-hydrogen) atoms. The lowest BCUT2D eigenvalue weighted by Crippen LogP contribution is -2.05. The van der Waals surface area contributed by atoms with Crippen molar-refractivity contribution in [3.8, 4) is 5.75 Å². The van der Waals surface area contributed by atoms with Crippen molar-refractivity contribution in [2.75, 3.05) is 13.7 Å². The van der Waals surface area contributed by atoms with Crippen molar-refractivity contribution in [2.24, 2.45) is 0 Å². The predicted molar refractivity (Wildman–Crippen MR) is 63.1 cm³/mol. The van der Waals surface area contributed by atoms with E-state index in [0.717, 1.165) is 12.0 Å². The Morgan fingerprint density at radius 1 is 1.40 bits per heavy atom. The van der Waals surface area contributed by atoms with Gasteiger partial charge >= 0.3 is 0 Å². The van der Waals surface area contributed by atoms with Crippen molar-refractivity contribution in [3.63, 3.8) is 0 Å². The Morgan fingerprint density at radius 2 is 2.07 bits per heavy atom. The van der Waals surface area contributed by atoms with Crippen LogP contribution in [-0.4, -0.2) is 18.8 Å². The van der Waals surface area contributed by atoms with Crippen molar-refractivity contribution >= 4 is 23.2 Å². The van der Waals surface area contributed by atoms with Gasteiger partial charge in [0.05, 0.1) is 18.7 Å². The van der Waals surface area contributed by atoms with Crippen LogP contribution in [0.3, 0.4) is 0 Å². The minimum absolute atomic E-state index is 0.0103. The predicted octanol–water partition coefficient (Wildman–Crippen LogP) is 3.49. The van der Waals surface area contributed by atoms with E-state index in [2.05, 4.69) is 0 Å². The minimum Gasteiger partial charge on any atom is -0.495 e. The topological polar surface area (TPSA) is 29.5 Å². The number of ether oxygens (including phenoxy) is 1. The van der Waals surface area contributed by atoms with Crippen molar-refractivity contribution in [2.45, 2.75) is 19.3 Å². The van der Waals surface area contributed by atoms with E-state index in [1.54, 1.807) is 19.2 Å². The number of hydrogen-bond donors (Lipinski definition) is 1. The van der Waals surface area contributed by atoms with Crippen LogP contribution in [0.1, 0.15) is 24.8 Å². The Kier molecular flexibility index (Phi) is 4.71. The Hall–Kier alpha value is -0.440. The molecular formula is C11H14Cl2O2. The van der Waals surface area contributed by atoms with Crippen molar-refractivity contribution in [1.82, 2.24) is 0 Å². The van der Waals surface area contributed by atoms with Crippen LogP contribution in [0.2, 0.25) is 10.0 Å². The molecule has 84 valence electrons. The first kappa shape index (κ1) is 12.6. The van der Waals surface area contributed by atoms with Crippen LogP contribution in [0.4, 0.5) is 0 Å². The van der Waals surface area contributed by atoms with Crippen LogP contribution in [-0.2, 0) is 0 Å². The Labute approximate surface area is 99.8 Å². The lowest BCUT2D eigenvalue weighted by atomic mass is 9.96. The molecule has 0 radical (unpaired) electrons. The van der Waals surface area contributed by atoms with Gasteiger partial charge < -0.3 is 9.84 Å². The molecular weight excluding hydrogens is 235 g/mol. The fourth-order valence-electron chi connectivity index (χ4n) is 1.55. The Bertz CT molecular complexity index is 336. The molecule has 0 aliphatic heterocycles. The molecule has 2 nitrogen and oxygen atoms in total. The van der Waals surface area contributed by atoms with Gasteiger partial charge in [0.15, 0.2) is 0 Å². The van der Waals surface area contributed by atoms with Gasteiger partial charge in [0.25, 0.3) is 0 Å². The fraction of sp³-hybridized carbons (Fsp3) is 0.455. The third kappa shape index (κ3) is 2.77. The highest BCUT2D eigenvalue weighted by atomic mass is 35.5. The lowest BCUT2D eigenvalue weighted by molar-refractivity contribution is 0.259. The van der Waals surface area contributed by atoms with Crippen LogP contribution in [0, 0.1) is 0 Å². The summed E-state index contributed by atoms with van der Waals surface area (Å²) in [6.07, 6.45) is 0.809. The summed E-state index contributed by atoms with van der Waals surface area (Å²) in [7, 11) is 1.56. The molecule has 0 aliphatic rings. The van der Waals surface area contributed by atoms with E-state index >= 15 is 0 Å². The van der Waals surface area contributed by atoms with E-state index in [-0.39, 0.29) is 12.5 Å². The SMILES string of the molecule is CCC(CO)c1cc(Cl)cc(Cl)c1OC. The highest BCUT2D eigenvalue weighted by Gasteiger charge is 2.17. The minimum atomic E-state index is 0.0103. The number of hydrogen-bond acceptors (Lipinski definition) is 2. The first-order valence-corrected chi connectivity index (χ1v) is 5.53. The number of aliphatic hydroxyl groups is 1. The molecule has 1 aromatic rings. The summed E-state index contributed by atoms with van der Waals surface area (Å²) in [5.74, 6) is 0.609. The molecule has 0 amide bonds. The van der Waals surface area contributed by atoms with Crippen molar-refractivity contribution < 1.29 is 9.84 Å². The molecule has 1 unspecified atom stereocenters. The second kappa shape index (κ2) is 5.59. The zero-order chi connectivity index (χ0) is 11.4. The third-order valence-corrected chi connectivity index (χ3v) is 2.89. The number of methoxy groups -OCH3 is 1. The van der Waals surface area contributed by atoms with Gasteiger partial charge in [0, 0.05) is 16.5 Å². The molecule has 0 heterocycles. The van der Waals surface area contributed by atoms with Gasteiger partial charge in [0.1, 0.15) is 5.75 Å². The van der Waals surface area contributed by atoms with E-state index < -0.39 is 0 Å². The van der Waals surface area contributed by atoms with Gasteiger partial charge in [-0.3, -0.25) is 0 Å². The molecule has 0 bridgehead atoms. The lowest BCUT2D eigenvalue weighted by Gasteiger charge is -2.17. The average Bonchev–Trinajstić information content (AvgIpc) is 2.19. The first-order chi connectivity index (χ1) is 7.13. The van der Waals surface area contributed by atoms with Crippen molar-refractivity contribution in [3.05, 3.63) is 27.7 Å². The third-order valence-electron chi connectivity index (χ3n) is 2.39. The van der Waals surface area contributed by atoms with Crippen LogP contribution in [0.15, 0.2) is 12.1 Å². The fourth-order valence-corrected chi connectivity index (χ4v) is 2.13. The summed E-state index contributed by atoms with van der Waals surface area (Å²) >= 11 is 11.9. The second-order valence-electron chi connectivity index (χ2n) is 3.30. The van der Waals surface area contributed by atoms with Crippen LogP contribution in [0.25, 0.3) is 0 Å². The zero-order valence-corrected chi connectivity index (χ0v) is 10.3. The molecule has 0 aromatic heterocycles. The molecule has 1 rings (SSSR count). The van der Waals surface area contributed by atoms with Gasteiger partial charge in [-0.1, -0.05) is 30.1 Å². The Balaban J connectivity index is 3.24. The van der Waals surface area contributed by atoms with E-state index in [9.17, 15) is 5.11 Å².